The number of nitrogens with one attached hydrogen (secondary N) is 1. The molecule has 30 heavy (non-hydrogen) atoms. The first kappa shape index (κ1) is 20.7. The summed E-state index contributed by atoms with van der Waals surface area (Å²) in [6, 6.07) is 6.48. The molecule has 1 N–H and O–H groups in total. The maximum atomic E-state index is 12.1. The van der Waals surface area contributed by atoms with E-state index in [-0.39, 0.29) is 22.8 Å². The number of carbonyl (C=O) groups is 1. The van der Waals surface area contributed by atoms with Crippen molar-refractivity contribution < 1.29 is 9.53 Å². The van der Waals surface area contributed by atoms with Crippen molar-refractivity contribution in [2.75, 3.05) is 0 Å². The van der Waals surface area contributed by atoms with Gasteiger partial charge in [-0.25, -0.2) is 0 Å². The number of hydrogen-bond donors (Lipinski definition) is 1. The number of piperidine rings is 1. The summed E-state index contributed by atoms with van der Waals surface area (Å²) in [7, 11) is 0. The highest BCUT2D eigenvalue weighted by atomic mass is 35.5. The van der Waals surface area contributed by atoms with E-state index in [1.54, 1.807) is 0 Å². The van der Waals surface area contributed by atoms with E-state index in [0.29, 0.717) is 24.3 Å². The van der Waals surface area contributed by atoms with Crippen LogP contribution in [0.1, 0.15) is 71.3 Å². The van der Waals surface area contributed by atoms with E-state index < -0.39 is 0 Å². The van der Waals surface area contributed by atoms with Crippen LogP contribution >= 0.6 is 11.6 Å². The van der Waals surface area contributed by atoms with Gasteiger partial charge in [0.05, 0.1) is 0 Å². The van der Waals surface area contributed by atoms with Crippen LogP contribution in [0.4, 0.5) is 0 Å². The van der Waals surface area contributed by atoms with Crippen LogP contribution in [0.15, 0.2) is 18.2 Å². The molecule has 1 aromatic carbocycles. The molecule has 1 amide bonds. The molecule has 3 aliphatic carbocycles. The van der Waals surface area contributed by atoms with Crippen molar-refractivity contribution in [3.05, 3.63) is 28.8 Å². The minimum absolute atomic E-state index is 0.230. The Morgan fingerprint density at radius 3 is 2.63 bits per heavy atom. The Hall–Kier alpha value is -1.22. The summed E-state index contributed by atoms with van der Waals surface area (Å²) in [5.74, 6) is 4.01. The Bertz CT molecular complexity index is 855. The summed E-state index contributed by atoms with van der Waals surface area (Å²) >= 11 is 6.36. The molecule has 8 atom stereocenters. The average Bonchev–Trinajstić information content (AvgIpc) is 3.02. The molecule has 4 fully saturated rings. The summed E-state index contributed by atoms with van der Waals surface area (Å²) in [6.07, 6.45) is 8.06. The molecule has 1 saturated heterocycles. The summed E-state index contributed by atoms with van der Waals surface area (Å²) in [4.78, 5) is 12.1. The van der Waals surface area contributed by atoms with E-state index >= 15 is 0 Å². The second kappa shape index (κ2) is 7.15. The third kappa shape index (κ3) is 3.02. The standard InChI is InChI=1S/C26H36ClNO2/c1-15-5-6-17(14-20(15)27)30-22-8-7-18-24-16(2)13-21-25(3,12-10-23(29)28-21)19(24)9-11-26(18,22)4/h5-6,14,16,18-19,21-22,24H,7-13H2,1-4H3,(H,28,29)/t16?,18-,19+,21?,22?,24-,25+,26-/m0/s1. The fourth-order valence-electron chi connectivity index (χ4n) is 8.00. The first-order valence-corrected chi connectivity index (χ1v) is 12.3. The molecule has 3 unspecified atom stereocenters. The lowest BCUT2D eigenvalue weighted by Crippen LogP contribution is -2.63. The molecule has 5 rings (SSSR count). The lowest BCUT2D eigenvalue weighted by Gasteiger charge is -2.62. The van der Waals surface area contributed by atoms with Gasteiger partial charge in [0.2, 0.25) is 5.91 Å². The lowest BCUT2D eigenvalue weighted by molar-refractivity contribution is -0.145. The third-order valence-corrected chi connectivity index (χ3v) is 10.2. The Kier molecular flexibility index (Phi) is 4.93. The van der Waals surface area contributed by atoms with Crippen molar-refractivity contribution in [2.45, 2.75) is 84.8 Å². The van der Waals surface area contributed by atoms with Crippen LogP contribution in [0.2, 0.25) is 5.02 Å². The van der Waals surface area contributed by atoms with Gasteiger partial charge in [-0.3, -0.25) is 4.79 Å². The second-order valence-electron chi connectivity index (χ2n) is 11.3. The van der Waals surface area contributed by atoms with Crippen LogP contribution in [-0.2, 0) is 4.79 Å². The number of carbonyl (C=O) groups excluding carboxylic acids is 1. The van der Waals surface area contributed by atoms with Crippen LogP contribution in [0.25, 0.3) is 0 Å². The molecular formula is C26H36ClNO2. The van der Waals surface area contributed by atoms with Crippen LogP contribution < -0.4 is 10.1 Å². The Balaban J connectivity index is 1.40. The third-order valence-electron chi connectivity index (χ3n) is 9.80. The second-order valence-corrected chi connectivity index (χ2v) is 11.7. The normalized spacial score (nSPS) is 45.2. The molecule has 4 aliphatic rings. The number of halogens is 1. The Labute approximate surface area is 186 Å². The number of aryl methyl sites for hydroxylation is 1. The summed E-state index contributed by atoms with van der Waals surface area (Å²) in [6.45, 7) is 9.44. The zero-order chi connectivity index (χ0) is 21.3. The van der Waals surface area contributed by atoms with Gasteiger partial charge in [-0.15, -0.1) is 0 Å². The number of rotatable bonds is 2. The highest BCUT2D eigenvalue weighted by molar-refractivity contribution is 6.31. The maximum Gasteiger partial charge on any atom is 0.220 e. The molecule has 1 aliphatic heterocycles. The van der Waals surface area contributed by atoms with Crippen LogP contribution in [0.3, 0.4) is 0 Å². The van der Waals surface area contributed by atoms with Gasteiger partial charge in [-0.1, -0.05) is 38.4 Å². The predicted octanol–water partition coefficient (Wildman–Crippen LogP) is 6.16. The van der Waals surface area contributed by atoms with Crippen LogP contribution in [0.5, 0.6) is 5.75 Å². The first-order chi connectivity index (χ1) is 14.2. The smallest absolute Gasteiger partial charge is 0.220 e. The monoisotopic (exact) mass is 429 g/mol. The topological polar surface area (TPSA) is 38.3 Å². The fourth-order valence-corrected chi connectivity index (χ4v) is 8.17. The SMILES string of the molecule is Cc1ccc(OC2CC[C@H]3[C@@H]4C(C)CC5NC(=O)CC[C@]5(C)[C@@H]4CC[C@]23C)cc1Cl. The molecular weight excluding hydrogens is 394 g/mol. The van der Waals surface area contributed by atoms with Gasteiger partial charge in [0, 0.05) is 22.9 Å². The predicted molar refractivity (Wildman–Crippen MR) is 121 cm³/mol. The largest absolute Gasteiger partial charge is 0.490 e. The quantitative estimate of drug-likeness (QED) is 0.611. The van der Waals surface area contributed by atoms with Crippen molar-refractivity contribution >= 4 is 17.5 Å². The van der Waals surface area contributed by atoms with E-state index in [1.165, 1.54) is 19.3 Å². The van der Waals surface area contributed by atoms with Gasteiger partial charge < -0.3 is 10.1 Å². The molecule has 0 bridgehead atoms. The van der Waals surface area contributed by atoms with E-state index in [4.69, 9.17) is 16.3 Å². The number of amides is 1. The van der Waals surface area contributed by atoms with Crippen molar-refractivity contribution in [3.63, 3.8) is 0 Å². The average molecular weight is 430 g/mol. The molecule has 4 heteroatoms. The maximum absolute atomic E-state index is 12.1. The van der Waals surface area contributed by atoms with E-state index in [0.717, 1.165) is 47.4 Å². The van der Waals surface area contributed by atoms with E-state index in [2.05, 4.69) is 38.2 Å². The first-order valence-electron chi connectivity index (χ1n) is 11.9. The zero-order valence-electron chi connectivity index (χ0n) is 18.8. The lowest BCUT2D eigenvalue weighted by atomic mass is 9.45. The molecule has 0 spiro atoms. The summed E-state index contributed by atoms with van der Waals surface area (Å²) < 4.78 is 6.60. The Morgan fingerprint density at radius 1 is 1.10 bits per heavy atom. The van der Waals surface area contributed by atoms with Gasteiger partial charge in [0.15, 0.2) is 0 Å². The number of hydrogen-bond acceptors (Lipinski definition) is 2. The summed E-state index contributed by atoms with van der Waals surface area (Å²) in [5, 5.41) is 4.15. The molecule has 0 aromatic heterocycles. The number of fused-ring (bicyclic) bond motifs is 5. The highest BCUT2D eigenvalue weighted by Crippen LogP contribution is 2.65. The van der Waals surface area contributed by atoms with Crippen molar-refractivity contribution in [2.24, 2.45) is 34.5 Å². The van der Waals surface area contributed by atoms with E-state index in [9.17, 15) is 4.79 Å². The summed E-state index contributed by atoms with van der Waals surface area (Å²) in [5.41, 5.74) is 1.59. The molecule has 3 saturated carbocycles. The van der Waals surface area contributed by atoms with Gasteiger partial charge in [-0.05, 0) is 92.2 Å². The van der Waals surface area contributed by atoms with Crippen molar-refractivity contribution in [1.29, 1.82) is 0 Å². The molecule has 1 heterocycles. The van der Waals surface area contributed by atoms with Crippen molar-refractivity contribution in [1.82, 2.24) is 5.32 Å². The van der Waals surface area contributed by atoms with Gasteiger partial charge in [0.25, 0.3) is 0 Å². The van der Waals surface area contributed by atoms with Gasteiger partial charge in [0.1, 0.15) is 11.9 Å². The molecule has 164 valence electrons. The van der Waals surface area contributed by atoms with Gasteiger partial charge in [-0.2, -0.15) is 0 Å². The van der Waals surface area contributed by atoms with Gasteiger partial charge >= 0.3 is 0 Å². The van der Waals surface area contributed by atoms with Crippen LogP contribution in [0, 0.1) is 41.4 Å². The minimum Gasteiger partial charge on any atom is -0.490 e. The Morgan fingerprint density at radius 2 is 1.87 bits per heavy atom. The minimum atomic E-state index is 0.230. The van der Waals surface area contributed by atoms with Crippen LogP contribution in [-0.4, -0.2) is 18.1 Å². The number of benzene rings is 1. The fraction of sp³-hybridized carbons (Fsp3) is 0.731. The number of ether oxygens (including phenoxy) is 1. The zero-order valence-corrected chi connectivity index (χ0v) is 19.6. The molecule has 1 aromatic rings. The highest BCUT2D eigenvalue weighted by Gasteiger charge is 2.62. The van der Waals surface area contributed by atoms with Crippen molar-refractivity contribution in [3.8, 4) is 5.75 Å². The molecule has 0 radical (unpaired) electrons. The van der Waals surface area contributed by atoms with E-state index in [1.807, 2.05) is 13.0 Å². The molecule has 3 nitrogen and oxygen atoms in total.